The van der Waals surface area contributed by atoms with Gasteiger partial charge in [-0.15, -0.1) is 11.3 Å². The van der Waals surface area contributed by atoms with Crippen molar-refractivity contribution in [3.8, 4) is 0 Å². The van der Waals surface area contributed by atoms with E-state index in [1.807, 2.05) is 24.3 Å². The van der Waals surface area contributed by atoms with E-state index in [0.717, 1.165) is 15.2 Å². The first-order valence-corrected chi connectivity index (χ1v) is 6.82. The zero-order chi connectivity index (χ0) is 13.2. The van der Waals surface area contributed by atoms with Crippen molar-refractivity contribution in [2.75, 3.05) is 0 Å². The third kappa shape index (κ3) is 2.50. The largest absolute Gasteiger partial charge is 0.388 e. The summed E-state index contributed by atoms with van der Waals surface area (Å²) < 4.78 is 14.7. The second kappa shape index (κ2) is 5.07. The molecule has 3 rings (SSSR count). The molecule has 3 aromatic rings. The maximum atomic E-state index is 13.6. The highest BCUT2D eigenvalue weighted by atomic mass is 32.1. The Balaban J connectivity index is 1.86. The number of para-hydroxylation sites is 1. The molecule has 0 aliphatic carbocycles. The van der Waals surface area contributed by atoms with Crippen LogP contribution in [0.3, 0.4) is 0 Å². The summed E-state index contributed by atoms with van der Waals surface area (Å²) in [7, 11) is 0. The minimum atomic E-state index is -0.859. The van der Waals surface area contributed by atoms with Gasteiger partial charge in [0.1, 0.15) is 5.82 Å². The molecule has 0 spiro atoms. The lowest BCUT2D eigenvalue weighted by molar-refractivity contribution is 0.173. The van der Waals surface area contributed by atoms with Crippen LogP contribution in [0.4, 0.5) is 4.39 Å². The quantitative estimate of drug-likeness (QED) is 0.789. The van der Waals surface area contributed by atoms with Gasteiger partial charge in [0, 0.05) is 12.0 Å². The van der Waals surface area contributed by atoms with Crippen molar-refractivity contribution >= 4 is 21.6 Å². The third-order valence-corrected chi connectivity index (χ3v) is 4.03. The van der Waals surface area contributed by atoms with E-state index in [1.54, 1.807) is 18.2 Å². The Morgan fingerprint density at radius 2 is 1.84 bits per heavy atom. The van der Waals surface area contributed by atoms with E-state index in [0.29, 0.717) is 12.0 Å². The van der Waals surface area contributed by atoms with Crippen LogP contribution < -0.4 is 0 Å². The Kier molecular flexibility index (Phi) is 3.27. The van der Waals surface area contributed by atoms with Crippen LogP contribution in [0.2, 0.25) is 0 Å². The lowest BCUT2D eigenvalue weighted by Gasteiger charge is -2.09. The van der Waals surface area contributed by atoms with Gasteiger partial charge in [0.15, 0.2) is 0 Å². The molecular formula is C15H12FNOS. The number of aliphatic hydroxyl groups excluding tert-OH is 1. The normalized spacial score (nSPS) is 12.7. The first kappa shape index (κ1) is 12.3. The summed E-state index contributed by atoms with van der Waals surface area (Å²) in [4.78, 5) is 4.44. The summed E-state index contributed by atoms with van der Waals surface area (Å²) >= 11 is 1.53. The number of fused-ring (bicyclic) bond motifs is 1. The summed E-state index contributed by atoms with van der Waals surface area (Å²) in [5.74, 6) is -0.379. The van der Waals surface area contributed by atoms with Gasteiger partial charge in [0.25, 0.3) is 0 Å². The number of aliphatic hydroxyl groups is 1. The lowest BCUT2D eigenvalue weighted by atomic mass is 10.1. The van der Waals surface area contributed by atoms with Crippen LogP contribution in [-0.2, 0) is 6.42 Å². The molecule has 96 valence electrons. The average molecular weight is 273 g/mol. The van der Waals surface area contributed by atoms with Gasteiger partial charge in [-0.1, -0.05) is 30.3 Å². The Hall–Kier alpha value is -1.78. The second-order valence-electron chi connectivity index (χ2n) is 4.32. The molecule has 0 aliphatic heterocycles. The van der Waals surface area contributed by atoms with E-state index in [9.17, 15) is 9.50 Å². The maximum Gasteiger partial charge on any atom is 0.129 e. The molecule has 4 heteroatoms. The van der Waals surface area contributed by atoms with Crippen molar-refractivity contribution in [3.05, 3.63) is 64.9 Å². The smallest absolute Gasteiger partial charge is 0.129 e. The summed E-state index contributed by atoms with van der Waals surface area (Å²) in [6.45, 7) is 0. The number of halogens is 1. The van der Waals surface area contributed by atoms with Crippen LogP contribution in [0, 0.1) is 5.82 Å². The molecule has 1 heterocycles. The fraction of sp³-hybridized carbons (Fsp3) is 0.133. The van der Waals surface area contributed by atoms with Crippen molar-refractivity contribution in [3.63, 3.8) is 0 Å². The molecule has 1 atom stereocenters. The molecule has 19 heavy (non-hydrogen) atoms. The monoisotopic (exact) mass is 273 g/mol. The molecular weight excluding hydrogens is 261 g/mol. The highest BCUT2D eigenvalue weighted by Gasteiger charge is 2.15. The van der Waals surface area contributed by atoms with Gasteiger partial charge in [0.2, 0.25) is 0 Å². The fourth-order valence-electron chi connectivity index (χ4n) is 2.03. The van der Waals surface area contributed by atoms with Crippen molar-refractivity contribution in [2.24, 2.45) is 0 Å². The number of hydrogen-bond acceptors (Lipinski definition) is 3. The maximum absolute atomic E-state index is 13.6. The SMILES string of the molecule is OC(Cc1nc2ccccc2s1)c1ccccc1F. The van der Waals surface area contributed by atoms with Gasteiger partial charge in [0.05, 0.1) is 21.3 Å². The molecule has 2 aromatic carbocycles. The number of hydrogen-bond donors (Lipinski definition) is 1. The average Bonchev–Trinajstić information content (AvgIpc) is 2.81. The topological polar surface area (TPSA) is 33.1 Å². The van der Waals surface area contributed by atoms with Crippen molar-refractivity contribution < 1.29 is 9.50 Å². The van der Waals surface area contributed by atoms with Crippen LogP contribution in [0.15, 0.2) is 48.5 Å². The van der Waals surface area contributed by atoms with Crippen LogP contribution in [0.1, 0.15) is 16.7 Å². The molecule has 0 amide bonds. The van der Waals surface area contributed by atoms with Crippen molar-refractivity contribution in [2.45, 2.75) is 12.5 Å². The number of aromatic nitrogens is 1. The van der Waals surface area contributed by atoms with Crippen molar-refractivity contribution in [1.82, 2.24) is 4.98 Å². The summed E-state index contributed by atoms with van der Waals surface area (Å²) in [6, 6.07) is 14.1. The van der Waals surface area contributed by atoms with Crippen LogP contribution >= 0.6 is 11.3 Å². The van der Waals surface area contributed by atoms with Crippen LogP contribution in [-0.4, -0.2) is 10.1 Å². The van der Waals surface area contributed by atoms with Crippen LogP contribution in [0.25, 0.3) is 10.2 Å². The highest BCUT2D eigenvalue weighted by molar-refractivity contribution is 7.18. The summed E-state index contributed by atoms with van der Waals surface area (Å²) in [5.41, 5.74) is 1.24. The van der Waals surface area contributed by atoms with Gasteiger partial charge in [-0.05, 0) is 18.2 Å². The molecule has 0 saturated heterocycles. The first-order chi connectivity index (χ1) is 9.24. The zero-order valence-electron chi connectivity index (χ0n) is 10.1. The molecule has 2 nitrogen and oxygen atoms in total. The third-order valence-electron chi connectivity index (χ3n) is 2.97. The molecule has 1 N–H and O–H groups in total. The highest BCUT2D eigenvalue weighted by Crippen LogP contribution is 2.26. The molecule has 0 aliphatic rings. The lowest BCUT2D eigenvalue weighted by Crippen LogP contribution is -2.03. The van der Waals surface area contributed by atoms with Gasteiger partial charge >= 0.3 is 0 Å². The van der Waals surface area contributed by atoms with E-state index in [-0.39, 0.29) is 5.82 Å². The number of rotatable bonds is 3. The Morgan fingerprint density at radius 3 is 2.63 bits per heavy atom. The van der Waals surface area contributed by atoms with E-state index in [2.05, 4.69) is 4.98 Å². The van der Waals surface area contributed by atoms with E-state index >= 15 is 0 Å². The number of thiazole rings is 1. The fourth-order valence-corrected chi connectivity index (χ4v) is 3.03. The van der Waals surface area contributed by atoms with E-state index in [1.165, 1.54) is 17.4 Å². The van der Waals surface area contributed by atoms with Gasteiger partial charge in [-0.3, -0.25) is 0 Å². The minimum Gasteiger partial charge on any atom is -0.388 e. The van der Waals surface area contributed by atoms with Crippen LogP contribution in [0.5, 0.6) is 0 Å². The first-order valence-electron chi connectivity index (χ1n) is 6.01. The Morgan fingerprint density at radius 1 is 1.11 bits per heavy atom. The molecule has 1 aromatic heterocycles. The number of benzene rings is 2. The Bertz CT molecular complexity index is 677. The van der Waals surface area contributed by atoms with Gasteiger partial charge in [-0.25, -0.2) is 9.37 Å². The number of nitrogens with zero attached hydrogens (tertiary/aromatic N) is 1. The minimum absolute atomic E-state index is 0.321. The van der Waals surface area contributed by atoms with Gasteiger partial charge < -0.3 is 5.11 Å². The molecule has 1 unspecified atom stereocenters. The molecule has 0 saturated carbocycles. The summed E-state index contributed by atoms with van der Waals surface area (Å²) in [6.07, 6.45) is -0.526. The van der Waals surface area contributed by atoms with E-state index < -0.39 is 6.10 Å². The second-order valence-corrected chi connectivity index (χ2v) is 5.43. The van der Waals surface area contributed by atoms with E-state index in [4.69, 9.17) is 0 Å². The Labute approximate surface area is 114 Å². The standard InChI is InChI=1S/C15H12FNOS/c16-11-6-2-1-5-10(11)13(18)9-15-17-12-7-3-4-8-14(12)19-15/h1-8,13,18H,9H2. The zero-order valence-corrected chi connectivity index (χ0v) is 10.9. The summed E-state index contributed by atoms with van der Waals surface area (Å²) in [5, 5.41) is 10.9. The molecule has 0 radical (unpaired) electrons. The molecule has 0 fully saturated rings. The predicted octanol–water partition coefficient (Wildman–Crippen LogP) is 3.71. The van der Waals surface area contributed by atoms with Gasteiger partial charge in [-0.2, -0.15) is 0 Å². The predicted molar refractivity (Wildman–Crippen MR) is 74.7 cm³/mol. The molecule has 0 bridgehead atoms. The van der Waals surface area contributed by atoms with Crippen molar-refractivity contribution in [1.29, 1.82) is 0 Å².